The van der Waals surface area contributed by atoms with E-state index >= 15 is 0 Å². The van der Waals surface area contributed by atoms with Crippen molar-refractivity contribution in [2.24, 2.45) is 0 Å². The Hall–Kier alpha value is -2.05. The van der Waals surface area contributed by atoms with Gasteiger partial charge in [0, 0.05) is 11.3 Å². The van der Waals surface area contributed by atoms with Gasteiger partial charge in [0.2, 0.25) is 0 Å². The van der Waals surface area contributed by atoms with Gasteiger partial charge >= 0.3 is 0 Å². The van der Waals surface area contributed by atoms with Crippen LogP contribution in [0.2, 0.25) is 5.02 Å². The lowest BCUT2D eigenvalue weighted by Crippen LogP contribution is -2.10. The molecular formula is C15H12ClFN2. The van der Waals surface area contributed by atoms with Crippen LogP contribution < -0.4 is 5.32 Å². The van der Waals surface area contributed by atoms with Gasteiger partial charge in [-0.1, -0.05) is 41.4 Å². The number of halogens is 2. The second-order valence-corrected chi connectivity index (χ2v) is 4.62. The highest BCUT2D eigenvalue weighted by atomic mass is 35.5. The molecule has 2 rings (SSSR count). The van der Waals surface area contributed by atoms with Crippen molar-refractivity contribution >= 4 is 17.3 Å². The fourth-order valence-electron chi connectivity index (χ4n) is 1.74. The third-order valence-electron chi connectivity index (χ3n) is 2.78. The lowest BCUT2D eigenvalue weighted by atomic mass is 10.1. The molecule has 1 atom stereocenters. The molecule has 0 radical (unpaired) electrons. The largest absolute Gasteiger partial charge is 0.366 e. The fraction of sp³-hybridized carbons (Fsp3) is 0.133. The third-order valence-corrected chi connectivity index (χ3v) is 3.08. The topological polar surface area (TPSA) is 35.8 Å². The van der Waals surface area contributed by atoms with Crippen molar-refractivity contribution in [3.8, 4) is 6.07 Å². The molecular weight excluding hydrogens is 263 g/mol. The second kappa shape index (κ2) is 5.73. The van der Waals surface area contributed by atoms with E-state index in [1.54, 1.807) is 12.1 Å². The van der Waals surface area contributed by atoms with Crippen LogP contribution in [0, 0.1) is 24.1 Å². The summed E-state index contributed by atoms with van der Waals surface area (Å²) in [5.74, 6) is -0.560. The predicted octanol–water partition coefficient (Wildman–Crippen LogP) is 4.46. The SMILES string of the molecule is Cc1ccc(NC(C#N)c2cccc(Cl)c2F)cc1. The Morgan fingerprint density at radius 1 is 1.21 bits per heavy atom. The van der Waals surface area contributed by atoms with E-state index < -0.39 is 11.9 Å². The number of hydrogen-bond donors (Lipinski definition) is 1. The molecule has 96 valence electrons. The minimum Gasteiger partial charge on any atom is -0.366 e. The third kappa shape index (κ3) is 3.04. The lowest BCUT2D eigenvalue weighted by molar-refractivity contribution is 0.608. The first kappa shape index (κ1) is 13.4. The maximum atomic E-state index is 13.9. The van der Waals surface area contributed by atoms with E-state index in [9.17, 15) is 9.65 Å². The Bertz CT molecular complexity index is 617. The van der Waals surface area contributed by atoms with E-state index in [2.05, 4.69) is 5.32 Å². The minimum atomic E-state index is -0.776. The van der Waals surface area contributed by atoms with Gasteiger partial charge in [-0.25, -0.2) is 4.39 Å². The Balaban J connectivity index is 2.28. The molecule has 0 aromatic heterocycles. The highest BCUT2D eigenvalue weighted by Crippen LogP contribution is 2.26. The zero-order valence-electron chi connectivity index (χ0n) is 10.3. The number of aryl methyl sites for hydroxylation is 1. The number of nitrogens with one attached hydrogen (secondary N) is 1. The Morgan fingerprint density at radius 3 is 2.53 bits per heavy atom. The Labute approximate surface area is 116 Å². The van der Waals surface area contributed by atoms with E-state index in [1.165, 1.54) is 6.07 Å². The van der Waals surface area contributed by atoms with Crippen molar-refractivity contribution in [2.75, 3.05) is 5.32 Å². The summed E-state index contributed by atoms with van der Waals surface area (Å²) >= 11 is 5.73. The normalized spacial score (nSPS) is 11.7. The van der Waals surface area contributed by atoms with Gasteiger partial charge < -0.3 is 5.32 Å². The summed E-state index contributed by atoms with van der Waals surface area (Å²) in [6, 6.07) is 13.4. The van der Waals surface area contributed by atoms with Crippen LogP contribution in [0.25, 0.3) is 0 Å². The van der Waals surface area contributed by atoms with E-state index in [0.29, 0.717) is 0 Å². The van der Waals surface area contributed by atoms with Crippen LogP contribution in [-0.4, -0.2) is 0 Å². The van der Waals surface area contributed by atoms with Crippen molar-refractivity contribution in [3.63, 3.8) is 0 Å². The van der Waals surface area contributed by atoms with Crippen LogP contribution >= 0.6 is 11.6 Å². The highest BCUT2D eigenvalue weighted by molar-refractivity contribution is 6.30. The average molecular weight is 275 g/mol. The van der Waals surface area contributed by atoms with E-state index in [0.717, 1.165) is 11.3 Å². The summed E-state index contributed by atoms with van der Waals surface area (Å²) in [4.78, 5) is 0. The quantitative estimate of drug-likeness (QED) is 0.897. The molecule has 0 saturated heterocycles. The molecule has 2 nitrogen and oxygen atoms in total. The highest BCUT2D eigenvalue weighted by Gasteiger charge is 2.16. The summed E-state index contributed by atoms with van der Waals surface area (Å²) in [7, 11) is 0. The van der Waals surface area contributed by atoms with Crippen LogP contribution in [0.15, 0.2) is 42.5 Å². The fourth-order valence-corrected chi connectivity index (χ4v) is 1.92. The number of benzene rings is 2. The summed E-state index contributed by atoms with van der Waals surface area (Å²) in [6.45, 7) is 1.97. The maximum absolute atomic E-state index is 13.9. The number of nitriles is 1. The molecule has 0 saturated carbocycles. The van der Waals surface area contributed by atoms with Gasteiger partial charge in [0.1, 0.15) is 11.9 Å². The van der Waals surface area contributed by atoms with Crippen LogP contribution in [0.1, 0.15) is 17.2 Å². The van der Waals surface area contributed by atoms with Gasteiger partial charge in [0.05, 0.1) is 11.1 Å². The van der Waals surface area contributed by atoms with E-state index in [-0.39, 0.29) is 10.6 Å². The standard InChI is InChI=1S/C15H12ClFN2/c1-10-5-7-11(8-6-10)19-14(9-18)12-3-2-4-13(16)15(12)17/h2-8,14,19H,1H3. The maximum Gasteiger partial charge on any atom is 0.148 e. The van der Waals surface area contributed by atoms with Crippen molar-refractivity contribution in [1.29, 1.82) is 5.26 Å². The second-order valence-electron chi connectivity index (χ2n) is 4.22. The Kier molecular flexibility index (Phi) is 4.03. The first-order valence-corrected chi connectivity index (χ1v) is 6.16. The first-order valence-electron chi connectivity index (χ1n) is 5.78. The molecule has 0 bridgehead atoms. The molecule has 0 aliphatic rings. The van der Waals surface area contributed by atoms with Crippen molar-refractivity contribution in [2.45, 2.75) is 13.0 Å². The Morgan fingerprint density at radius 2 is 1.89 bits per heavy atom. The predicted molar refractivity (Wildman–Crippen MR) is 74.6 cm³/mol. The molecule has 0 heterocycles. The lowest BCUT2D eigenvalue weighted by Gasteiger charge is -2.14. The molecule has 2 aromatic rings. The zero-order chi connectivity index (χ0) is 13.8. The van der Waals surface area contributed by atoms with Gasteiger partial charge in [0.25, 0.3) is 0 Å². The molecule has 19 heavy (non-hydrogen) atoms. The van der Waals surface area contributed by atoms with Crippen LogP contribution in [0.3, 0.4) is 0 Å². The average Bonchev–Trinajstić information content (AvgIpc) is 2.42. The smallest absolute Gasteiger partial charge is 0.148 e. The number of hydrogen-bond acceptors (Lipinski definition) is 2. The van der Waals surface area contributed by atoms with Crippen LogP contribution in [-0.2, 0) is 0 Å². The van der Waals surface area contributed by atoms with Gasteiger partial charge in [-0.15, -0.1) is 0 Å². The van der Waals surface area contributed by atoms with Gasteiger partial charge in [-0.2, -0.15) is 5.26 Å². The van der Waals surface area contributed by atoms with Crippen LogP contribution in [0.4, 0.5) is 10.1 Å². The van der Waals surface area contributed by atoms with E-state index in [1.807, 2.05) is 37.3 Å². The van der Waals surface area contributed by atoms with Crippen molar-refractivity contribution < 1.29 is 4.39 Å². The molecule has 1 N–H and O–H groups in total. The summed E-state index contributed by atoms with van der Waals surface area (Å²) in [6.07, 6.45) is 0. The number of anilines is 1. The molecule has 0 spiro atoms. The summed E-state index contributed by atoms with van der Waals surface area (Å²) in [5, 5.41) is 12.2. The van der Waals surface area contributed by atoms with Crippen LogP contribution in [0.5, 0.6) is 0 Å². The van der Waals surface area contributed by atoms with Gasteiger partial charge in [-0.3, -0.25) is 0 Å². The molecule has 0 amide bonds. The first-order chi connectivity index (χ1) is 9.11. The molecule has 4 heteroatoms. The molecule has 0 aliphatic heterocycles. The van der Waals surface area contributed by atoms with E-state index in [4.69, 9.17) is 11.6 Å². The molecule has 0 fully saturated rings. The van der Waals surface area contributed by atoms with Crippen molar-refractivity contribution in [3.05, 3.63) is 64.4 Å². The van der Waals surface area contributed by atoms with Gasteiger partial charge in [-0.05, 0) is 25.1 Å². The minimum absolute atomic E-state index is 0.0171. The molecule has 0 aliphatic carbocycles. The molecule has 1 unspecified atom stereocenters. The molecule has 2 aromatic carbocycles. The number of nitrogens with zero attached hydrogens (tertiary/aromatic N) is 1. The number of rotatable bonds is 3. The summed E-state index contributed by atoms with van der Waals surface area (Å²) in [5.41, 5.74) is 2.13. The van der Waals surface area contributed by atoms with Crippen molar-refractivity contribution in [1.82, 2.24) is 0 Å². The zero-order valence-corrected chi connectivity index (χ0v) is 11.1. The van der Waals surface area contributed by atoms with Gasteiger partial charge in [0.15, 0.2) is 0 Å². The summed E-state index contributed by atoms with van der Waals surface area (Å²) < 4.78 is 13.9. The monoisotopic (exact) mass is 274 g/mol.